The quantitative estimate of drug-likeness (QED) is 0.699. The van der Waals surface area contributed by atoms with E-state index in [4.69, 9.17) is 0 Å². The van der Waals surface area contributed by atoms with Gasteiger partial charge in [-0.3, -0.25) is 9.48 Å². The predicted octanol–water partition coefficient (Wildman–Crippen LogP) is 2.70. The second-order valence-corrected chi connectivity index (χ2v) is 7.17. The summed E-state index contributed by atoms with van der Waals surface area (Å²) in [6.07, 6.45) is 0.820. The Morgan fingerprint density at radius 1 is 1.19 bits per heavy atom. The molecule has 0 bridgehead atoms. The Morgan fingerprint density at radius 3 is 2.81 bits per heavy atom. The molecule has 0 fully saturated rings. The molecule has 5 rings (SSSR count). The molecule has 0 saturated heterocycles. The number of halogens is 1. The first-order valence-corrected chi connectivity index (χ1v) is 9.09. The third kappa shape index (κ3) is 2.55. The number of nitrogens with zero attached hydrogens (tertiary/aromatic N) is 6. The summed E-state index contributed by atoms with van der Waals surface area (Å²) in [6, 6.07) is 11.4. The van der Waals surface area contributed by atoms with Gasteiger partial charge in [0.1, 0.15) is 0 Å². The molecule has 3 aromatic rings. The fraction of sp³-hybridized carbons (Fsp3) is 0.368. The van der Waals surface area contributed by atoms with Crippen LogP contribution in [0, 0.1) is 0 Å². The summed E-state index contributed by atoms with van der Waals surface area (Å²) in [7, 11) is 0. The SMILES string of the molecule is CC1CN(C(=O)c2nc3n(n2)C(c2ccccc2)CC3F)Cc2ccnn21. The van der Waals surface area contributed by atoms with Crippen LogP contribution >= 0.6 is 0 Å². The number of carbonyl (C=O) groups excluding carboxylic acids is 1. The molecule has 0 N–H and O–H groups in total. The smallest absolute Gasteiger partial charge is 0.293 e. The van der Waals surface area contributed by atoms with Gasteiger partial charge in [-0.15, -0.1) is 5.10 Å². The van der Waals surface area contributed by atoms with Crippen LogP contribution in [-0.4, -0.2) is 41.9 Å². The summed E-state index contributed by atoms with van der Waals surface area (Å²) < 4.78 is 18.0. The van der Waals surface area contributed by atoms with E-state index in [1.807, 2.05) is 48.0 Å². The lowest BCUT2D eigenvalue weighted by Crippen LogP contribution is -2.40. The standard InChI is InChI=1S/C19H19FN6O/c1-12-10-24(11-14-7-8-21-25(12)14)19(27)17-22-18-15(20)9-16(26(18)23-17)13-5-3-2-4-6-13/h2-8,12,15-16H,9-11H2,1H3. The van der Waals surface area contributed by atoms with E-state index < -0.39 is 6.17 Å². The van der Waals surface area contributed by atoms with Crippen molar-refractivity contribution in [2.75, 3.05) is 6.54 Å². The summed E-state index contributed by atoms with van der Waals surface area (Å²) >= 11 is 0. The van der Waals surface area contributed by atoms with Gasteiger partial charge in [0.2, 0.25) is 5.82 Å². The fourth-order valence-corrected chi connectivity index (χ4v) is 4.04. The first-order chi connectivity index (χ1) is 13.1. The van der Waals surface area contributed by atoms with E-state index in [2.05, 4.69) is 15.2 Å². The summed E-state index contributed by atoms with van der Waals surface area (Å²) in [4.78, 5) is 18.9. The normalized spacial score (nSPS) is 23.9. The maximum absolute atomic E-state index is 14.5. The number of carbonyl (C=O) groups is 1. The van der Waals surface area contributed by atoms with E-state index >= 15 is 0 Å². The van der Waals surface area contributed by atoms with Crippen LogP contribution in [-0.2, 0) is 6.54 Å². The van der Waals surface area contributed by atoms with Crippen LogP contribution in [0.25, 0.3) is 0 Å². The molecule has 0 spiro atoms. The third-order valence-electron chi connectivity index (χ3n) is 5.33. The number of hydrogen-bond donors (Lipinski definition) is 0. The van der Waals surface area contributed by atoms with E-state index in [-0.39, 0.29) is 29.6 Å². The van der Waals surface area contributed by atoms with Crippen molar-refractivity contribution >= 4 is 5.91 Å². The molecule has 8 heteroatoms. The Kier molecular flexibility index (Phi) is 3.60. The molecule has 0 saturated carbocycles. The third-order valence-corrected chi connectivity index (χ3v) is 5.33. The van der Waals surface area contributed by atoms with Crippen molar-refractivity contribution in [2.24, 2.45) is 0 Å². The van der Waals surface area contributed by atoms with E-state index in [0.717, 1.165) is 11.3 Å². The second kappa shape index (κ2) is 6.00. The Labute approximate surface area is 155 Å². The molecule has 3 atom stereocenters. The van der Waals surface area contributed by atoms with Gasteiger partial charge in [-0.2, -0.15) is 5.10 Å². The average molecular weight is 366 g/mol. The molecular formula is C19H19FN6O. The van der Waals surface area contributed by atoms with Gasteiger partial charge < -0.3 is 4.90 Å². The molecule has 2 aliphatic rings. The molecular weight excluding hydrogens is 347 g/mol. The number of rotatable bonds is 2. The topological polar surface area (TPSA) is 68.8 Å². The number of hydrogen-bond acceptors (Lipinski definition) is 4. The van der Waals surface area contributed by atoms with Crippen molar-refractivity contribution in [3.05, 3.63) is 65.5 Å². The first kappa shape index (κ1) is 16.2. The zero-order valence-electron chi connectivity index (χ0n) is 14.9. The van der Waals surface area contributed by atoms with Crippen LogP contribution in [0.15, 0.2) is 42.6 Å². The summed E-state index contributed by atoms with van der Waals surface area (Å²) in [6.45, 7) is 2.99. The molecule has 138 valence electrons. The molecule has 3 unspecified atom stereocenters. The number of aromatic nitrogens is 5. The molecule has 27 heavy (non-hydrogen) atoms. The summed E-state index contributed by atoms with van der Waals surface area (Å²) in [5.41, 5.74) is 1.94. The highest BCUT2D eigenvalue weighted by Crippen LogP contribution is 2.39. The highest BCUT2D eigenvalue weighted by atomic mass is 19.1. The lowest BCUT2D eigenvalue weighted by molar-refractivity contribution is 0.0664. The average Bonchev–Trinajstić information content (AvgIpc) is 3.38. The zero-order valence-corrected chi connectivity index (χ0v) is 14.9. The molecule has 7 nitrogen and oxygen atoms in total. The highest BCUT2D eigenvalue weighted by Gasteiger charge is 2.37. The van der Waals surface area contributed by atoms with Crippen LogP contribution < -0.4 is 0 Å². The molecule has 4 heterocycles. The minimum atomic E-state index is -1.22. The molecule has 2 aromatic heterocycles. The molecule has 0 radical (unpaired) electrons. The van der Waals surface area contributed by atoms with Crippen molar-refractivity contribution in [3.63, 3.8) is 0 Å². The monoisotopic (exact) mass is 366 g/mol. The molecule has 0 aliphatic carbocycles. The molecule has 1 amide bonds. The maximum atomic E-state index is 14.5. The minimum Gasteiger partial charge on any atom is -0.328 e. The highest BCUT2D eigenvalue weighted by molar-refractivity contribution is 5.90. The van der Waals surface area contributed by atoms with Gasteiger partial charge in [-0.1, -0.05) is 30.3 Å². The van der Waals surface area contributed by atoms with Gasteiger partial charge in [0.15, 0.2) is 12.0 Å². The lowest BCUT2D eigenvalue weighted by atomic mass is 10.0. The van der Waals surface area contributed by atoms with Crippen molar-refractivity contribution in [1.29, 1.82) is 0 Å². The van der Waals surface area contributed by atoms with Crippen LogP contribution in [0.4, 0.5) is 4.39 Å². The molecule has 2 aliphatic heterocycles. The van der Waals surface area contributed by atoms with Gasteiger partial charge >= 0.3 is 0 Å². The van der Waals surface area contributed by atoms with Crippen LogP contribution in [0.2, 0.25) is 0 Å². The van der Waals surface area contributed by atoms with E-state index in [1.165, 1.54) is 0 Å². The zero-order chi connectivity index (χ0) is 18.5. The van der Waals surface area contributed by atoms with Crippen LogP contribution in [0.5, 0.6) is 0 Å². The van der Waals surface area contributed by atoms with Crippen molar-refractivity contribution in [2.45, 2.75) is 38.1 Å². The Hall–Kier alpha value is -3.03. The number of fused-ring (bicyclic) bond motifs is 2. The van der Waals surface area contributed by atoms with Gasteiger partial charge in [0.05, 0.1) is 24.3 Å². The Balaban J connectivity index is 1.44. The van der Waals surface area contributed by atoms with Gasteiger partial charge in [0, 0.05) is 19.2 Å². The maximum Gasteiger partial charge on any atom is 0.293 e. The number of alkyl halides is 1. The number of benzene rings is 1. The summed E-state index contributed by atoms with van der Waals surface area (Å²) in [5.74, 6) is 0.0333. The van der Waals surface area contributed by atoms with Gasteiger partial charge in [0.25, 0.3) is 5.91 Å². The van der Waals surface area contributed by atoms with E-state index in [9.17, 15) is 9.18 Å². The lowest BCUT2D eigenvalue weighted by Gasteiger charge is -2.31. The largest absolute Gasteiger partial charge is 0.328 e. The number of amides is 1. The Bertz CT molecular complexity index is 997. The fourth-order valence-electron chi connectivity index (χ4n) is 4.04. The van der Waals surface area contributed by atoms with E-state index in [0.29, 0.717) is 19.5 Å². The molecule has 1 aromatic carbocycles. The summed E-state index contributed by atoms with van der Waals surface area (Å²) in [5, 5.41) is 8.69. The van der Waals surface area contributed by atoms with Crippen molar-refractivity contribution in [1.82, 2.24) is 29.4 Å². The van der Waals surface area contributed by atoms with Gasteiger partial charge in [-0.05, 0) is 18.6 Å². The van der Waals surface area contributed by atoms with Gasteiger partial charge in [-0.25, -0.2) is 14.1 Å². The van der Waals surface area contributed by atoms with Crippen LogP contribution in [0.1, 0.15) is 59.3 Å². The Morgan fingerprint density at radius 2 is 2.00 bits per heavy atom. The van der Waals surface area contributed by atoms with E-state index in [1.54, 1.807) is 15.8 Å². The van der Waals surface area contributed by atoms with Crippen molar-refractivity contribution < 1.29 is 9.18 Å². The van der Waals surface area contributed by atoms with Crippen molar-refractivity contribution in [3.8, 4) is 0 Å². The second-order valence-electron chi connectivity index (χ2n) is 7.17. The van der Waals surface area contributed by atoms with Crippen LogP contribution in [0.3, 0.4) is 0 Å². The predicted molar refractivity (Wildman–Crippen MR) is 94.7 cm³/mol. The first-order valence-electron chi connectivity index (χ1n) is 9.09. The minimum absolute atomic E-state index is 0.0634.